The minimum Gasteiger partial charge on any atom is -0.328 e. The van der Waals surface area contributed by atoms with Crippen LogP contribution in [0.5, 0.6) is 0 Å². The van der Waals surface area contributed by atoms with Crippen molar-refractivity contribution in [2.75, 3.05) is 5.88 Å². The molecule has 1 heterocycles. The van der Waals surface area contributed by atoms with E-state index >= 15 is 0 Å². The van der Waals surface area contributed by atoms with Crippen molar-refractivity contribution in [3.63, 3.8) is 0 Å². The van der Waals surface area contributed by atoms with E-state index in [1.54, 1.807) is 0 Å². The molecule has 1 aliphatic carbocycles. The lowest BCUT2D eigenvalue weighted by Crippen LogP contribution is -2.08. The maximum atomic E-state index is 5.91. The zero-order valence-electron chi connectivity index (χ0n) is 11.3. The van der Waals surface area contributed by atoms with Gasteiger partial charge < -0.3 is 4.57 Å². The van der Waals surface area contributed by atoms with Crippen molar-refractivity contribution in [1.82, 2.24) is 9.55 Å². The van der Waals surface area contributed by atoms with Crippen molar-refractivity contribution in [3.8, 4) is 0 Å². The third-order valence-electron chi connectivity index (χ3n) is 4.23. The molecule has 1 atom stereocenters. The second-order valence-corrected chi connectivity index (χ2v) is 7.39. The molecule has 1 saturated carbocycles. The number of halogens is 2. The van der Waals surface area contributed by atoms with Crippen LogP contribution in [-0.4, -0.2) is 15.4 Å². The highest BCUT2D eigenvalue weighted by Gasteiger charge is 2.45. The van der Waals surface area contributed by atoms with Gasteiger partial charge in [-0.1, -0.05) is 29.8 Å². The Hall–Kier alpha value is -0.540. The Bertz CT molecular complexity index is 618. The van der Waals surface area contributed by atoms with Crippen molar-refractivity contribution in [2.45, 2.75) is 33.2 Å². The van der Waals surface area contributed by atoms with E-state index in [9.17, 15) is 0 Å². The molecule has 1 aromatic heterocycles. The summed E-state index contributed by atoms with van der Waals surface area (Å²) in [7, 11) is 0. The quantitative estimate of drug-likeness (QED) is 0.742. The average molecular weight is 342 g/mol. The number of imidazole rings is 1. The fraction of sp³-hybridized carbons (Fsp3) is 0.533. The summed E-state index contributed by atoms with van der Waals surface area (Å²) in [5.41, 5.74) is 2.78. The first-order chi connectivity index (χ1) is 9.01. The SMILES string of the molecule is CC1(C)CC1Cn1c(CCCl)nc2ccc(Br)cc21. The van der Waals surface area contributed by atoms with Gasteiger partial charge in [0.15, 0.2) is 0 Å². The van der Waals surface area contributed by atoms with Crippen molar-refractivity contribution < 1.29 is 0 Å². The van der Waals surface area contributed by atoms with Crippen LogP contribution in [0.25, 0.3) is 11.0 Å². The number of aromatic nitrogens is 2. The number of hydrogen-bond donors (Lipinski definition) is 0. The third kappa shape index (κ3) is 2.55. The Balaban J connectivity index is 2.02. The molecule has 2 nitrogen and oxygen atoms in total. The zero-order chi connectivity index (χ0) is 13.6. The lowest BCUT2D eigenvalue weighted by Gasteiger charge is -2.10. The number of hydrogen-bond acceptors (Lipinski definition) is 1. The third-order valence-corrected chi connectivity index (χ3v) is 4.91. The topological polar surface area (TPSA) is 17.8 Å². The van der Waals surface area contributed by atoms with Crippen LogP contribution in [0.1, 0.15) is 26.1 Å². The van der Waals surface area contributed by atoms with Gasteiger partial charge in [0.2, 0.25) is 0 Å². The molecule has 0 radical (unpaired) electrons. The summed E-state index contributed by atoms with van der Waals surface area (Å²) in [6.45, 7) is 5.74. The lowest BCUT2D eigenvalue weighted by molar-refractivity contribution is 0.496. The van der Waals surface area contributed by atoms with Crippen LogP contribution in [-0.2, 0) is 13.0 Å². The summed E-state index contributed by atoms with van der Waals surface area (Å²) >= 11 is 9.46. The van der Waals surface area contributed by atoms with E-state index in [1.165, 1.54) is 11.9 Å². The Morgan fingerprint density at radius 3 is 2.84 bits per heavy atom. The summed E-state index contributed by atoms with van der Waals surface area (Å²) in [4.78, 5) is 4.73. The van der Waals surface area contributed by atoms with Gasteiger partial charge in [0.25, 0.3) is 0 Å². The van der Waals surface area contributed by atoms with Crippen molar-refractivity contribution >= 4 is 38.6 Å². The van der Waals surface area contributed by atoms with Crippen molar-refractivity contribution in [2.24, 2.45) is 11.3 Å². The summed E-state index contributed by atoms with van der Waals surface area (Å²) < 4.78 is 3.47. The fourth-order valence-corrected chi connectivity index (χ4v) is 3.25. The molecule has 19 heavy (non-hydrogen) atoms. The standard InChI is InChI=1S/C15H18BrClN2/c1-15(2)8-10(15)9-19-13-7-11(16)3-4-12(13)18-14(19)5-6-17/h3-4,7,10H,5-6,8-9H2,1-2H3. The minimum atomic E-state index is 0.487. The summed E-state index contributed by atoms with van der Waals surface area (Å²) in [5.74, 6) is 2.50. The predicted octanol–water partition coefficient (Wildman–Crippen LogP) is 4.63. The van der Waals surface area contributed by atoms with E-state index in [0.29, 0.717) is 11.3 Å². The predicted molar refractivity (Wildman–Crippen MR) is 83.7 cm³/mol. The molecule has 0 N–H and O–H groups in total. The Kier molecular flexibility index (Phi) is 3.38. The van der Waals surface area contributed by atoms with Crippen LogP contribution in [0.15, 0.2) is 22.7 Å². The maximum Gasteiger partial charge on any atom is 0.111 e. The molecule has 0 amide bonds. The van der Waals surface area contributed by atoms with Gasteiger partial charge in [0.1, 0.15) is 5.82 Å². The highest BCUT2D eigenvalue weighted by atomic mass is 79.9. The van der Waals surface area contributed by atoms with E-state index < -0.39 is 0 Å². The molecule has 0 aliphatic heterocycles. The van der Waals surface area contributed by atoms with Gasteiger partial charge in [-0.2, -0.15) is 0 Å². The normalized spacial score (nSPS) is 20.9. The summed E-state index contributed by atoms with van der Waals surface area (Å²) in [6.07, 6.45) is 2.14. The molecule has 1 aliphatic rings. The van der Waals surface area contributed by atoms with E-state index in [-0.39, 0.29) is 0 Å². The molecule has 4 heteroatoms. The average Bonchev–Trinajstić information content (AvgIpc) is 2.80. The lowest BCUT2D eigenvalue weighted by atomic mass is 10.1. The molecule has 1 fully saturated rings. The number of fused-ring (bicyclic) bond motifs is 1. The van der Waals surface area contributed by atoms with Gasteiger partial charge in [-0.25, -0.2) is 4.98 Å². The Morgan fingerprint density at radius 2 is 2.21 bits per heavy atom. The Morgan fingerprint density at radius 1 is 1.47 bits per heavy atom. The number of benzene rings is 1. The molecule has 1 unspecified atom stereocenters. The molecular formula is C15H18BrClN2. The van der Waals surface area contributed by atoms with Crippen LogP contribution >= 0.6 is 27.5 Å². The molecular weight excluding hydrogens is 324 g/mol. The molecule has 102 valence electrons. The zero-order valence-corrected chi connectivity index (χ0v) is 13.6. The molecule has 3 rings (SSSR count). The van der Waals surface area contributed by atoms with Crippen LogP contribution in [0.2, 0.25) is 0 Å². The number of alkyl halides is 1. The minimum absolute atomic E-state index is 0.487. The molecule has 0 spiro atoms. The number of aryl methyl sites for hydroxylation is 1. The second-order valence-electron chi connectivity index (χ2n) is 6.10. The highest BCUT2D eigenvalue weighted by Crippen LogP contribution is 2.52. The van der Waals surface area contributed by atoms with Crippen LogP contribution < -0.4 is 0 Å². The van der Waals surface area contributed by atoms with Crippen molar-refractivity contribution in [1.29, 1.82) is 0 Å². The number of rotatable bonds is 4. The van der Waals surface area contributed by atoms with Crippen LogP contribution in [0, 0.1) is 11.3 Å². The molecule has 2 aromatic rings. The smallest absolute Gasteiger partial charge is 0.111 e. The van der Waals surface area contributed by atoms with E-state index in [4.69, 9.17) is 16.6 Å². The summed E-state index contributed by atoms with van der Waals surface area (Å²) in [6, 6.07) is 6.28. The van der Waals surface area contributed by atoms with Crippen LogP contribution in [0.4, 0.5) is 0 Å². The molecule has 0 bridgehead atoms. The first-order valence-electron chi connectivity index (χ1n) is 6.72. The Labute approximate surface area is 127 Å². The van der Waals surface area contributed by atoms with E-state index in [0.717, 1.165) is 34.7 Å². The fourth-order valence-electron chi connectivity index (χ4n) is 2.73. The van der Waals surface area contributed by atoms with Gasteiger partial charge in [0.05, 0.1) is 11.0 Å². The van der Waals surface area contributed by atoms with E-state index in [1.807, 2.05) is 6.07 Å². The first kappa shape index (κ1) is 13.4. The summed E-state index contributed by atoms with van der Waals surface area (Å²) in [5, 5.41) is 0. The second kappa shape index (κ2) is 4.78. The maximum absolute atomic E-state index is 5.91. The number of nitrogens with zero attached hydrogens (tertiary/aromatic N) is 2. The molecule has 1 aromatic carbocycles. The molecule has 0 saturated heterocycles. The van der Waals surface area contributed by atoms with Gasteiger partial charge in [-0.05, 0) is 36.0 Å². The van der Waals surface area contributed by atoms with Crippen LogP contribution in [0.3, 0.4) is 0 Å². The van der Waals surface area contributed by atoms with Gasteiger partial charge >= 0.3 is 0 Å². The highest BCUT2D eigenvalue weighted by molar-refractivity contribution is 9.10. The largest absolute Gasteiger partial charge is 0.328 e. The van der Waals surface area contributed by atoms with Crippen molar-refractivity contribution in [3.05, 3.63) is 28.5 Å². The van der Waals surface area contributed by atoms with Gasteiger partial charge in [-0.3, -0.25) is 0 Å². The van der Waals surface area contributed by atoms with E-state index in [2.05, 4.69) is 46.5 Å². The van der Waals surface area contributed by atoms with Gasteiger partial charge in [0, 0.05) is 23.3 Å². The first-order valence-corrected chi connectivity index (χ1v) is 8.04. The monoisotopic (exact) mass is 340 g/mol. The van der Waals surface area contributed by atoms with Gasteiger partial charge in [-0.15, -0.1) is 11.6 Å².